The van der Waals surface area contributed by atoms with E-state index in [1.165, 1.54) is 5.56 Å². The maximum atomic E-state index is 6.54. The Kier molecular flexibility index (Phi) is 4.08. The molecule has 2 aromatic heterocycles. The fourth-order valence-electron chi connectivity index (χ4n) is 3.53. The number of hydrogen-bond donors (Lipinski definition) is 0. The van der Waals surface area contributed by atoms with Gasteiger partial charge in [-0.15, -0.1) is 0 Å². The van der Waals surface area contributed by atoms with E-state index in [-0.39, 0.29) is 0 Å². The number of halogens is 2. The summed E-state index contributed by atoms with van der Waals surface area (Å²) < 4.78 is 1.90. The van der Waals surface area contributed by atoms with Gasteiger partial charge in [0.1, 0.15) is 5.69 Å². The van der Waals surface area contributed by atoms with Crippen molar-refractivity contribution in [2.75, 3.05) is 0 Å². The summed E-state index contributed by atoms with van der Waals surface area (Å²) in [7, 11) is 0. The molecule has 0 bridgehead atoms. The van der Waals surface area contributed by atoms with Crippen LogP contribution in [0.4, 0.5) is 0 Å². The third-order valence-corrected chi connectivity index (χ3v) is 5.39. The third kappa shape index (κ3) is 2.75. The van der Waals surface area contributed by atoms with E-state index in [4.69, 9.17) is 33.3 Å². The fraction of sp³-hybridized carbons (Fsp3) is 0.0435. The van der Waals surface area contributed by atoms with Crippen molar-refractivity contribution >= 4 is 45.0 Å². The van der Waals surface area contributed by atoms with E-state index in [1.807, 2.05) is 41.2 Å². The molecule has 136 valence electrons. The molecule has 0 amide bonds. The molecule has 2 heterocycles. The number of aryl methyl sites for hydroxylation is 1. The van der Waals surface area contributed by atoms with Crippen molar-refractivity contribution in [3.8, 4) is 16.9 Å². The quantitative estimate of drug-likeness (QED) is 0.322. The lowest BCUT2D eigenvalue weighted by atomic mass is 10.1. The lowest BCUT2D eigenvalue weighted by Crippen LogP contribution is -1.98. The monoisotopic (exact) mass is 403 g/mol. The Morgan fingerprint density at radius 2 is 1.68 bits per heavy atom. The first-order chi connectivity index (χ1) is 13.6. The van der Waals surface area contributed by atoms with Gasteiger partial charge in [-0.3, -0.25) is 4.98 Å². The number of pyridine rings is 1. The van der Waals surface area contributed by atoms with Crippen LogP contribution in [0.5, 0.6) is 0 Å². The number of fused-ring (bicyclic) bond motifs is 3. The molecule has 0 spiro atoms. The number of nitrogens with zero attached hydrogens (tertiary/aromatic N) is 3. The molecule has 0 atom stereocenters. The van der Waals surface area contributed by atoms with Crippen molar-refractivity contribution in [2.45, 2.75) is 6.92 Å². The van der Waals surface area contributed by atoms with E-state index < -0.39 is 0 Å². The zero-order valence-electron chi connectivity index (χ0n) is 15.0. The molecule has 5 aromatic rings. The lowest BCUT2D eigenvalue weighted by molar-refractivity contribution is 0.918. The molecule has 0 saturated heterocycles. The Balaban J connectivity index is 1.93. The molecule has 0 fully saturated rings. The Morgan fingerprint density at radius 3 is 2.46 bits per heavy atom. The van der Waals surface area contributed by atoms with E-state index >= 15 is 0 Å². The number of hydrogen-bond acceptors (Lipinski definition) is 2. The minimum absolute atomic E-state index is 0.550. The minimum Gasteiger partial charge on any atom is -0.255 e. The first-order valence-corrected chi connectivity index (χ1v) is 9.66. The van der Waals surface area contributed by atoms with Gasteiger partial charge in [0.05, 0.1) is 21.7 Å². The first-order valence-electron chi connectivity index (χ1n) is 8.91. The summed E-state index contributed by atoms with van der Waals surface area (Å²) in [6.07, 6.45) is 1.90. The smallest absolute Gasteiger partial charge is 0.102 e. The molecule has 28 heavy (non-hydrogen) atoms. The van der Waals surface area contributed by atoms with Gasteiger partial charge in [0.25, 0.3) is 0 Å². The Labute approximate surface area is 172 Å². The van der Waals surface area contributed by atoms with E-state index in [1.54, 1.807) is 6.07 Å². The van der Waals surface area contributed by atoms with E-state index in [2.05, 4.69) is 37.3 Å². The van der Waals surface area contributed by atoms with Crippen LogP contribution in [-0.4, -0.2) is 14.8 Å². The molecular weight excluding hydrogens is 389 g/mol. The average Bonchev–Trinajstić information content (AvgIpc) is 3.08. The normalized spacial score (nSPS) is 11.4. The van der Waals surface area contributed by atoms with Crippen LogP contribution < -0.4 is 0 Å². The van der Waals surface area contributed by atoms with Crippen molar-refractivity contribution in [1.29, 1.82) is 0 Å². The molecule has 0 N–H and O–H groups in total. The van der Waals surface area contributed by atoms with Gasteiger partial charge in [-0.25, -0.2) is 4.68 Å². The van der Waals surface area contributed by atoms with Crippen molar-refractivity contribution in [2.24, 2.45) is 0 Å². The van der Waals surface area contributed by atoms with E-state index in [0.29, 0.717) is 10.0 Å². The zero-order valence-corrected chi connectivity index (χ0v) is 16.5. The summed E-state index contributed by atoms with van der Waals surface area (Å²) in [6, 6.07) is 21.8. The molecule has 3 aromatic carbocycles. The molecule has 0 aliphatic heterocycles. The van der Waals surface area contributed by atoms with Crippen molar-refractivity contribution in [3.05, 3.63) is 88.5 Å². The molecule has 0 radical (unpaired) electrons. The predicted octanol–water partition coefficient (Wildman–Crippen LogP) is 6.86. The summed E-state index contributed by atoms with van der Waals surface area (Å²) in [4.78, 5) is 4.69. The summed E-state index contributed by atoms with van der Waals surface area (Å²) in [5.41, 5.74) is 5.76. The van der Waals surface area contributed by atoms with Gasteiger partial charge in [0, 0.05) is 27.6 Å². The molecule has 0 aliphatic rings. The number of rotatable bonds is 2. The van der Waals surface area contributed by atoms with Gasteiger partial charge >= 0.3 is 0 Å². The van der Waals surface area contributed by atoms with Gasteiger partial charge < -0.3 is 0 Å². The highest BCUT2D eigenvalue weighted by molar-refractivity contribution is 6.35. The van der Waals surface area contributed by atoms with Crippen LogP contribution in [-0.2, 0) is 0 Å². The molecule has 0 aliphatic carbocycles. The summed E-state index contributed by atoms with van der Waals surface area (Å²) in [6.45, 7) is 2.06. The predicted molar refractivity (Wildman–Crippen MR) is 117 cm³/mol. The maximum absolute atomic E-state index is 6.54. The second kappa shape index (κ2) is 6.62. The van der Waals surface area contributed by atoms with Gasteiger partial charge in [0.15, 0.2) is 0 Å². The van der Waals surface area contributed by atoms with Crippen LogP contribution in [0.3, 0.4) is 0 Å². The molecule has 5 heteroatoms. The maximum Gasteiger partial charge on any atom is 0.102 e. The zero-order chi connectivity index (χ0) is 19.3. The van der Waals surface area contributed by atoms with Crippen LogP contribution in [0.25, 0.3) is 38.8 Å². The van der Waals surface area contributed by atoms with Crippen molar-refractivity contribution < 1.29 is 0 Å². The van der Waals surface area contributed by atoms with Gasteiger partial charge in [-0.1, -0.05) is 65.7 Å². The largest absolute Gasteiger partial charge is 0.255 e. The topological polar surface area (TPSA) is 30.7 Å². The lowest BCUT2D eigenvalue weighted by Gasteiger charge is -2.08. The minimum atomic E-state index is 0.550. The first kappa shape index (κ1) is 17.2. The summed E-state index contributed by atoms with van der Waals surface area (Å²) >= 11 is 12.6. The number of benzene rings is 3. The fourth-order valence-corrected chi connectivity index (χ4v) is 4.02. The highest BCUT2D eigenvalue weighted by Gasteiger charge is 2.18. The SMILES string of the molecule is Cc1ccc2c(c1)ncc1c(-c3ccccc3)nn(-c3ccc(Cl)cc3Cl)c12. The molecular formula is C23H15Cl2N3. The average molecular weight is 404 g/mol. The van der Waals surface area contributed by atoms with Gasteiger partial charge in [-0.2, -0.15) is 5.10 Å². The Bertz CT molecular complexity index is 1340. The second-order valence-corrected chi connectivity index (χ2v) is 7.61. The summed E-state index contributed by atoms with van der Waals surface area (Å²) in [5.74, 6) is 0. The van der Waals surface area contributed by atoms with Crippen LogP contribution in [0.2, 0.25) is 10.0 Å². The van der Waals surface area contributed by atoms with Crippen LogP contribution in [0.15, 0.2) is 72.9 Å². The number of aromatic nitrogens is 3. The Morgan fingerprint density at radius 1 is 0.857 bits per heavy atom. The van der Waals surface area contributed by atoms with Gasteiger partial charge in [0.2, 0.25) is 0 Å². The molecule has 5 rings (SSSR count). The second-order valence-electron chi connectivity index (χ2n) is 6.76. The Hall–Kier alpha value is -2.88. The summed E-state index contributed by atoms with van der Waals surface area (Å²) in [5, 5.41) is 8.10. The van der Waals surface area contributed by atoms with E-state index in [0.717, 1.165) is 38.8 Å². The van der Waals surface area contributed by atoms with E-state index in [9.17, 15) is 0 Å². The van der Waals surface area contributed by atoms with Gasteiger partial charge in [-0.05, 0) is 36.8 Å². The highest BCUT2D eigenvalue weighted by atomic mass is 35.5. The van der Waals surface area contributed by atoms with Crippen LogP contribution >= 0.6 is 23.2 Å². The molecule has 3 nitrogen and oxygen atoms in total. The van der Waals surface area contributed by atoms with Crippen molar-refractivity contribution in [3.63, 3.8) is 0 Å². The van der Waals surface area contributed by atoms with Crippen LogP contribution in [0.1, 0.15) is 5.56 Å². The molecule has 0 unspecified atom stereocenters. The third-order valence-electron chi connectivity index (χ3n) is 4.85. The molecule has 0 saturated carbocycles. The standard InChI is InChI=1S/C23H15Cl2N3/c1-14-7-9-17-20(11-14)26-13-18-22(15-5-3-2-4-6-15)27-28(23(17)18)21-10-8-16(24)12-19(21)25/h2-13H,1H3. The highest BCUT2D eigenvalue weighted by Crippen LogP contribution is 2.35. The van der Waals surface area contributed by atoms with Crippen molar-refractivity contribution in [1.82, 2.24) is 14.8 Å². The van der Waals surface area contributed by atoms with Crippen LogP contribution in [0, 0.1) is 6.92 Å².